The Morgan fingerprint density at radius 2 is 1.88 bits per heavy atom. The average molecular weight is 598 g/mol. The van der Waals surface area contributed by atoms with Gasteiger partial charge in [0.2, 0.25) is 5.28 Å². The highest BCUT2D eigenvalue weighted by Crippen LogP contribution is 2.35. The Kier molecular flexibility index (Phi) is 9.33. The number of hydrogen-bond donors (Lipinski definition) is 2. The van der Waals surface area contributed by atoms with E-state index in [0.717, 1.165) is 60.4 Å². The van der Waals surface area contributed by atoms with E-state index in [1.54, 1.807) is 24.5 Å². The Labute approximate surface area is 254 Å². The molecule has 1 amide bonds. The first-order valence-corrected chi connectivity index (χ1v) is 14.4. The van der Waals surface area contributed by atoms with E-state index < -0.39 is 0 Å². The number of amides is 1. The van der Waals surface area contributed by atoms with Crippen LogP contribution in [0.4, 0.5) is 11.6 Å². The van der Waals surface area contributed by atoms with Gasteiger partial charge in [-0.3, -0.25) is 18.9 Å². The molecule has 0 spiro atoms. The molecule has 6 rings (SSSR count). The number of aldehydes is 1. The number of likely N-dealkylation sites (tertiary alicyclic amines) is 1. The first-order valence-electron chi connectivity index (χ1n) is 14.0. The van der Waals surface area contributed by atoms with Crippen molar-refractivity contribution in [1.29, 1.82) is 0 Å². The van der Waals surface area contributed by atoms with Gasteiger partial charge in [0, 0.05) is 35.9 Å². The third kappa shape index (κ3) is 6.85. The topological polar surface area (TPSA) is 144 Å². The van der Waals surface area contributed by atoms with Crippen molar-refractivity contribution in [3.63, 3.8) is 0 Å². The second-order valence-corrected chi connectivity index (χ2v) is 10.5. The maximum atomic E-state index is 12.8. The van der Waals surface area contributed by atoms with Crippen molar-refractivity contribution in [1.82, 2.24) is 34.2 Å². The van der Waals surface area contributed by atoms with E-state index in [9.17, 15) is 9.59 Å². The molecule has 0 bridgehead atoms. The molecule has 1 aliphatic rings. The Bertz CT molecular complexity index is 1740. The van der Waals surface area contributed by atoms with E-state index in [-0.39, 0.29) is 17.2 Å². The highest BCUT2D eigenvalue weighted by molar-refractivity contribution is 6.28. The van der Waals surface area contributed by atoms with Gasteiger partial charge in [-0.1, -0.05) is 25.5 Å². The minimum Gasteiger partial charge on any atom is -0.382 e. The zero-order chi connectivity index (χ0) is 30.3. The Hall–Kier alpha value is -4.74. The van der Waals surface area contributed by atoms with E-state index in [2.05, 4.69) is 48.5 Å². The number of hydrogen-bond acceptors (Lipinski definition) is 9. The smallest absolute Gasteiger partial charge is 0.256 e. The van der Waals surface area contributed by atoms with Crippen molar-refractivity contribution in [3.8, 4) is 11.3 Å². The molecule has 0 aliphatic carbocycles. The average Bonchev–Trinajstić information content (AvgIpc) is 3.62. The molecule has 1 unspecified atom stereocenters. The second kappa shape index (κ2) is 13.5. The van der Waals surface area contributed by atoms with E-state index >= 15 is 0 Å². The summed E-state index contributed by atoms with van der Waals surface area (Å²) in [6.45, 7) is 3.18. The highest BCUT2D eigenvalue weighted by atomic mass is 35.5. The van der Waals surface area contributed by atoms with Gasteiger partial charge < -0.3 is 11.1 Å². The summed E-state index contributed by atoms with van der Waals surface area (Å²) in [5.74, 6) is 1.77. The molecule has 0 saturated carbocycles. The first kappa shape index (κ1) is 29.7. The third-order valence-electron chi connectivity index (χ3n) is 7.22. The summed E-state index contributed by atoms with van der Waals surface area (Å²) in [5, 5.41) is 2.99. The number of nitrogens with one attached hydrogen (secondary N) is 1. The minimum atomic E-state index is -0.197. The van der Waals surface area contributed by atoms with E-state index in [1.807, 2.05) is 30.5 Å². The van der Waals surface area contributed by atoms with E-state index in [0.29, 0.717) is 29.2 Å². The van der Waals surface area contributed by atoms with E-state index in [1.165, 1.54) is 12.3 Å². The first-order chi connectivity index (χ1) is 20.9. The maximum Gasteiger partial charge on any atom is 0.256 e. The van der Waals surface area contributed by atoms with Gasteiger partial charge in [-0.25, -0.2) is 24.9 Å². The molecule has 1 aliphatic heterocycles. The summed E-state index contributed by atoms with van der Waals surface area (Å²) >= 11 is 5.34. The van der Waals surface area contributed by atoms with Crippen LogP contribution in [0.1, 0.15) is 64.5 Å². The zero-order valence-electron chi connectivity index (χ0n) is 23.9. The lowest BCUT2D eigenvalue weighted by Gasteiger charge is -2.18. The number of carbonyl (C=O) groups excluding carboxylic acids is 2. The third-order valence-corrected chi connectivity index (χ3v) is 7.40. The number of pyridine rings is 1. The van der Waals surface area contributed by atoms with Gasteiger partial charge in [0.1, 0.15) is 34.4 Å². The maximum absolute atomic E-state index is 12.8. The van der Waals surface area contributed by atoms with Crippen LogP contribution in [0.5, 0.6) is 0 Å². The SMILES string of the molecule is CCCc1ccnc(NC(=O)c2ccc(-c3nc(C4CCCN4C)n4ccnc(N)c34)cc2)c1.O=Cc1ccnc(Cl)n1. The van der Waals surface area contributed by atoms with Gasteiger partial charge in [-0.2, -0.15) is 0 Å². The molecule has 5 aromatic rings. The van der Waals surface area contributed by atoms with Gasteiger partial charge >= 0.3 is 0 Å². The monoisotopic (exact) mass is 597 g/mol. The number of nitrogens with two attached hydrogens (primary N) is 1. The molecule has 11 nitrogen and oxygen atoms in total. The molecule has 3 N–H and O–H groups in total. The fourth-order valence-corrected chi connectivity index (χ4v) is 5.28. The molecule has 43 heavy (non-hydrogen) atoms. The molecule has 1 atom stereocenters. The van der Waals surface area contributed by atoms with Crippen molar-refractivity contribution in [2.45, 2.75) is 38.6 Å². The second-order valence-electron chi connectivity index (χ2n) is 10.2. The van der Waals surface area contributed by atoms with Crippen molar-refractivity contribution in [2.75, 3.05) is 24.6 Å². The molecule has 1 aromatic carbocycles. The number of halogens is 1. The summed E-state index contributed by atoms with van der Waals surface area (Å²) in [5.41, 5.74) is 10.8. The van der Waals surface area contributed by atoms with Crippen molar-refractivity contribution >= 4 is 40.9 Å². The lowest BCUT2D eigenvalue weighted by atomic mass is 10.1. The predicted octanol–water partition coefficient (Wildman–Crippen LogP) is 5.29. The van der Waals surface area contributed by atoms with Crippen molar-refractivity contribution in [2.24, 2.45) is 0 Å². The fourth-order valence-electron chi connectivity index (χ4n) is 5.13. The molecule has 1 fully saturated rings. The number of aryl methyl sites for hydroxylation is 1. The fraction of sp³-hybridized carbons (Fsp3) is 0.258. The van der Waals surface area contributed by atoms with Gasteiger partial charge in [0.05, 0.1) is 6.04 Å². The summed E-state index contributed by atoms with van der Waals surface area (Å²) in [4.78, 5) is 45.9. The van der Waals surface area contributed by atoms with Crippen LogP contribution in [0.3, 0.4) is 0 Å². The van der Waals surface area contributed by atoms with Gasteiger partial charge in [-0.15, -0.1) is 0 Å². The van der Waals surface area contributed by atoms with E-state index in [4.69, 9.17) is 22.3 Å². The van der Waals surface area contributed by atoms with Crippen LogP contribution in [0.15, 0.2) is 67.3 Å². The normalized spacial score (nSPS) is 14.7. The van der Waals surface area contributed by atoms with Gasteiger partial charge in [0.15, 0.2) is 6.29 Å². The summed E-state index contributed by atoms with van der Waals surface area (Å²) in [6.07, 6.45) is 11.6. The quantitative estimate of drug-likeness (QED) is 0.189. The molecular weight excluding hydrogens is 566 g/mol. The van der Waals surface area contributed by atoms with Crippen LogP contribution in [0, 0.1) is 0 Å². The molecule has 220 valence electrons. The highest BCUT2D eigenvalue weighted by Gasteiger charge is 2.28. The lowest BCUT2D eigenvalue weighted by molar-refractivity contribution is 0.102. The minimum absolute atomic E-state index is 0.0969. The largest absolute Gasteiger partial charge is 0.382 e. The number of nitrogen functional groups attached to an aromatic ring is 1. The number of nitrogens with zero attached hydrogens (tertiary/aromatic N) is 7. The van der Waals surface area contributed by atoms with Crippen LogP contribution in [0.25, 0.3) is 16.8 Å². The Morgan fingerprint density at radius 3 is 2.56 bits per heavy atom. The number of anilines is 2. The van der Waals surface area contributed by atoms with Crippen LogP contribution in [0.2, 0.25) is 5.28 Å². The Morgan fingerprint density at radius 1 is 1.09 bits per heavy atom. The number of carbonyl (C=O) groups is 2. The number of rotatable bonds is 7. The number of benzene rings is 1. The van der Waals surface area contributed by atoms with Crippen LogP contribution in [-0.4, -0.2) is 60.0 Å². The van der Waals surface area contributed by atoms with Gasteiger partial charge in [-0.05, 0) is 80.4 Å². The van der Waals surface area contributed by atoms with Crippen LogP contribution < -0.4 is 11.1 Å². The lowest BCUT2D eigenvalue weighted by Crippen LogP contribution is -2.19. The summed E-state index contributed by atoms with van der Waals surface area (Å²) in [6, 6.07) is 13.0. The number of fused-ring (bicyclic) bond motifs is 1. The van der Waals surface area contributed by atoms with Crippen molar-refractivity contribution in [3.05, 3.63) is 95.2 Å². The zero-order valence-corrected chi connectivity index (χ0v) is 24.7. The van der Waals surface area contributed by atoms with Gasteiger partial charge in [0.25, 0.3) is 5.91 Å². The van der Waals surface area contributed by atoms with Crippen LogP contribution in [-0.2, 0) is 6.42 Å². The molecule has 1 saturated heterocycles. The molecule has 4 aromatic heterocycles. The summed E-state index contributed by atoms with van der Waals surface area (Å²) < 4.78 is 2.06. The predicted molar refractivity (Wildman–Crippen MR) is 166 cm³/mol. The molecule has 0 radical (unpaired) electrons. The molecule has 5 heterocycles. The Balaban J connectivity index is 0.000000351. The standard InChI is InChI=1S/C26H29N7O.C5H3ClN2O/c1-3-5-17-11-12-28-21(16-17)30-26(34)19-9-7-18(8-10-19)22-23-24(27)29-13-15-33(23)25(31-22)20-6-4-14-32(20)2;6-5-7-2-1-4(3-9)8-5/h7-13,15-16,20H,3-6,14H2,1-2H3,(H2,27,29)(H,28,30,34);1-3H. The van der Waals surface area contributed by atoms with Crippen LogP contribution >= 0.6 is 11.6 Å². The number of aromatic nitrogens is 6. The summed E-state index contributed by atoms with van der Waals surface area (Å²) in [7, 11) is 2.13. The molecular formula is C31H32ClN9O2. The molecule has 12 heteroatoms. The van der Waals surface area contributed by atoms with Crippen molar-refractivity contribution < 1.29 is 9.59 Å². The number of imidazole rings is 1.